The van der Waals surface area contributed by atoms with Crippen molar-refractivity contribution in [1.82, 2.24) is 0 Å². The predicted octanol–water partition coefficient (Wildman–Crippen LogP) is 8.13. The number of unbranched alkanes of at least 4 members (excludes halogenated alkanes) is 17. The fourth-order valence-electron chi connectivity index (χ4n) is 8.02. The molecule has 0 saturated carbocycles. The van der Waals surface area contributed by atoms with E-state index in [0.29, 0.717) is 13.0 Å². The molecule has 11 unspecified atom stereocenters. The minimum absolute atomic E-state index is 0.0549. The predicted molar refractivity (Wildman–Crippen MR) is 266 cm³/mol. The highest BCUT2D eigenvalue weighted by Gasteiger charge is 2.47. The second-order valence-corrected chi connectivity index (χ2v) is 18.3. The summed E-state index contributed by atoms with van der Waals surface area (Å²) in [5.74, 6) is -0.383. The number of carbonyl (C=O) groups excluding carboxylic acids is 1. The van der Waals surface area contributed by atoms with Crippen LogP contribution in [0.15, 0.2) is 60.8 Å². The van der Waals surface area contributed by atoms with Gasteiger partial charge in [-0.25, -0.2) is 0 Å². The minimum Gasteiger partial charge on any atom is -0.457 e. The molecular formula is C54H94O14. The Morgan fingerprint density at radius 1 is 0.500 bits per heavy atom. The van der Waals surface area contributed by atoms with Gasteiger partial charge < -0.3 is 64.2 Å². The number of allylic oxidation sites excluding steroid dienone is 10. The van der Waals surface area contributed by atoms with E-state index in [9.17, 15) is 40.5 Å². The highest BCUT2D eigenvalue weighted by atomic mass is 16.7. The molecule has 0 aliphatic carbocycles. The van der Waals surface area contributed by atoms with Crippen molar-refractivity contribution in [1.29, 1.82) is 0 Å². The molecule has 0 radical (unpaired) electrons. The molecule has 394 valence electrons. The first-order valence-corrected chi connectivity index (χ1v) is 26.4. The molecule has 68 heavy (non-hydrogen) atoms. The maximum absolute atomic E-state index is 13.0. The van der Waals surface area contributed by atoms with Gasteiger partial charge in [0.15, 0.2) is 12.6 Å². The zero-order valence-corrected chi connectivity index (χ0v) is 41.8. The molecule has 2 heterocycles. The summed E-state index contributed by atoms with van der Waals surface area (Å²) in [6.45, 7) is 3.53. The first-order valence-electron chi connectivity index (χ1n) is 26.4. The van der Waals surface area contributed by atoms with Gasteiger partial charge in [-0.05, 0) is 57.8 Å². The fourth-order valence-corrected chi connectivity index (χ4v) is 8.02. The van der Waals surface area contributed by atoms with Gasteiger partial charge in [0, 0.05) is 13.0 Å². The van der Waals surface area contributed by atoms with E-state index in [1.807, 2.05) is 0 Å². The molecule has 0 aromatic carbocycles. The minimum atomic E-state index is -1.71. The van der Waals surface area contributed by atoms with E-state index in [2.05, 4.69) is 74.6 Å². The van der Waals surface area contributed by atoms with E-state index in [1.54, 1.807) is 0 Å². The van der Waals surface area contributed by atoms with Crippen molar-refractivity contribution in [2.75, 3.05) is 33.0 Å². The SMILES string of the molecule is CC/C=C\C/C=C\C/C=C\C/C=C\C/C=C\CCCCCCCCCCOCC(COC1OC(COC2OC(CO)C(O)C(O)C2O)C(O)C(O)C1O)OC(=O)CCCCCCCCCCCC. The lowest BCUT2D eigenvalue weighted by molar-refractivity contribution is -0.332. The molecule has 2 saturated heterocycles. The first kappa shape index (κ1) is 61.8. The van der Waals surface area contributed by atoms with Crippen LogP contribution < -0.4 is 0 Å². The van der Waals surface area contributed by atoms with Crippen LogP contribution in [-0.2, 0) is 33.2 Å². The number of carbonyl (C=O) groups is 1. The summed E-state index contributed by atoms with van der Waals surface area (Å²) in [5.41, 5.74) is 0. The van der Waals surface area contributed by atoms with Crippen LogP contribution in [0.2, 0.25) is 0 Å². The smallest absolute Gasteiger partial charge is 0.306 e. The van der Waals surface area contributed by atoms with Gasteiger partial charge in [-0.1, -0.05) is 171 Å². The number of hydrogen-bond donors (Lipinski definition) is 7. The monoisotopic (exact) mass is 967 g/mol. The van der Waals surface area contributed by atoms with Gasteiger partial charge >= 0.3 is 5.97 Å². The molecule has 2 rings (SSSR count). The average Bonchev–Trinajstić information content (AvgIpc) is 3.33. The Bertz CT molecular complexity index is 1350. The molecule has 11 atom stereocenters. The van der Waals surface area contributed by atoms with Crippen LogP contribution in [0.25, 0.3) is 0 Å². The molecule has 7 N–H and O–H groups in total. The largest absolute Gasteiger partial charge is 0.457 e. The lowest BCUT2D eigenvalue weighted by atomic mass is 9.98. The molecule has 2 aliphatic rings. The third-order valence-electron chi connectivity index (χ3n) is 12.3. The molecule has 14 heteroatoms. The molecule has 0 spiro atoms. The van der Waals surface area contributed by atoms with Crippen LogP contribution in [0, 0.1) is 0 Å². The molecule has 0 amide bonds. The molecule has 0 aromatic rings. The fraction of sp³-hybridized carbons (Fsp3) is 0.796. The third-order valence-corrected chi connectivity index (χ3v) is 12.3. The molecular weight excluding hydrogens is 873 g/mol. The van der Waals surface area contributed by atoms with Crippen LogP contribution in [-0.4, -0.2) is 142 Å². The Morgan fingerprint density at radius 2 is 0.956 bits per heavy atom. The summed E-state index contributed by atoms with van der Waals surface area (Å²) < 4.78 is 34.2. The molecule has 2 aliphatic heterocycles. The van der Waals surface area contributed by atoms with E-state index < -0.39 is 80.7 Å². The summed E-state index contributed by atoms with van der Waals surface area (Å²) in [6.07, 6.45) is 32.9. The lowest BCUT2D eigenvalue weighted by Crippen LogP contribution is -2.61. The molecule has 2 fully saturated rings. The van der Waals surface area contributed by atoms with E-state index in [1.165, 1.54) is 70.6 Å². The zero-order chi connectivity index (χ0) is 49.5. The average molecular weight is 967 g/mol. The Balaban J connectivity index is 1.71. The van der Waals surface area contributed by atoms with Crippen molar-refractivity contribution in [2.45, 2.75) is 242 Å². The highest BCUT2D eigenvalue weighted by Crippen LogP contribution is 2.26. The summed E-state index contributed by atoms with van der Waals surface area (Å²) in [4.78, 5) is 13.0. The van der Waals surface area contributed by atoms with E-state index in [4.69, 9.17) is 28.4 Å². The van der Waals surface area contributed by atoms with Crippen molar-refractivity contribution < 1.29 is 69.0 Å². The van der Waals surface area contributed by atoms with Crippen LogP contribution in [0.5, 0.6) is 0 Å². The van der Waals surface area contributed by atoms with Gasteiger partial charge in [0.2, 0.25) is 0 Å². The van der Waals surface area contributed by atoms with Gasteiger partial charge in [0.25, 0.3) is 0 Å². The number of ether oxygens (including phenoxy) is 6. The van der Waals surface area contributed by atoms with Crippen molar-refractivity contribution in [3.8, 4) is 0 Å². The zero-order valence-electron chi connectivity index (χ0n) is 41.8. The number of aliphatic hydroxyl groups excluding tert-OH is 7. The number of aliphatic hydroxyl groups is 7. The van der Waals surface area contributed by atoms with Gasteiger partial charge in [0.1, 0.15) is 54.9 Å². The number of hydrogen-bond acceptors (Lipinski definition) is 14. The Morgan fingerprint density at radius 3 is 1.50 bits per heavy atom. The van der Waals surface area contributed by atoms with Gasteiger partial charge in [0.05, 0.1) is 26.4 Å². The van der Waals surface area contributed by atoms with Gasteiger partial charge in [-0.2, -0.15) is 0 Å². The Labute approximate surface area is 409 Å². The van der Waals surface area contributed by atoms with Crippen LogP contribution in [0.3, 0.4) is 0 Å². The summed E-state index contributed by atoms with van der Waals surface area (Å²) in [7, 11) is 0. The standard InChI is InChI=1S/C54H94O14/c1-3-5-7-9-11-13-15-16-17-18-19-20-21-22-23-24-25-26-27-28-30-32-34-36-38-63-40-43(66-46(56)37-35-33-31-29-14-12-10-8-6-4-2)41-64-53-52(62)50(60)48(58)45(68-53)42-65-54-51(61)49(59)47(57)44(39-55)67-54/h5,7,11,13,16-17,19-20,22-23,43-45,47-55,57-62H,3-4,6,8-10,12,14-15,18,21,24-42H2,1-2H3/b7-5-,13-11-,17-16-,20-19-,23-22-. The Hall–Kier alpha value is -2.31. The number of rotatable bonds is 41. The second kappa shape index (κ2) is 41.3. The summed E-state index contributed by atoms with van der Waals surface area (Å²) >= 11 is 0. The summed E-state index contributed by atoms with van der Waals surface area (Å²) in [6, 6.07) is 0. The van der Waals surface area contributed by atoms with Crippen molar-refractivity contribution in [3.05, 3.63) is 60.8 Å². The second-order valence-electron chi connectivity index (χ2n) is 18.3. The topological polar surface area (TPSA) is 214 Å². The van der Waals surface area contributed by atoms with Gasteiger partial charge in [-0.15, -0.1) is 0 Å². The third kappa shape index (κ3) is 28.5. The van der Waals surface area contributed by atoms with E-state index in [-0.39, 0.29) is 25.6 Å². The van der Waals surface area contributed by atoms with Crippen molar-refractivity contribution >= 4 is 5.97 Å². The van der Waals surface area contributed by atoms with Crippen LogP contribution in [0.1, 0.15) is 174 Å². The normalized spacial score (nSPS) is 26.4. The van der Waals surface area contributed by atoms with Crippen molar-refractivity contribution in [2.24, 2.45) is 0 Å². The quantitative estimate of drug-likeness (QED) is 0.0175. The van der Waals surface area contributed by atoms with Crippen LogP contribution in [0.4, 0.5) is 0 Å². The molecule has 14 nitrogen and oxygen atoms in total. The van der Waals surface area contributed by atoms with Crippen molar-refractivity contribution in [3.63, 3.8) is 0 Å². The lowest BCUT2D eigenvalue weighted by Gasteiger charge is -2.42. The maximum Gasteiger partial charge on any atom is 0.306 e. The molecule has 0 aromatic heterocycles. The maximum atomic E-state index is 13.0. The highest BCUT2D eigenvalue weighted by molar-refractivity contribution is 5.69. The van der Waals surface area contributed by atoms with E-state index >= 15 is 0 Å². The van der Waals surface area contributed by atoms with Crippen LogP contribution >= 0.6 is 0 Å². The van der Waals surface area contributed by atoms with Gasteiger partial charge in [-0.3, -0.25) is 4.79 Å². The molecule has 0 bridgehead atoms. The first-order chi connectivity index (χ1) is 33.1. The number of esters is 1. The van der Waals surface area contributed by atoms with E-state index in [0.717, 1.165) is 77.0 Å². The summed E-state index contributed by atoms with van der Waals surface area (Å²) in [5, 5.41) is 72.1. The Kier molecular flexibility index (Phi) is 37.6.